The number of hydrogen-bond acceptors (Lipinski definition) is 4. The van der Waals surface area contributed by atoms with E-state index in [1.165, 1.54) is 32.1 Å². The summed E-state index contributed by atoms with van der Waals surface area (Å²) in [5, 5.41) is 9.82. The number of allylic oxidation sites excluding steroid dienone is 1. The molecule has 0 heterocycles. The van der Waals surface area contributed by atoms with Crippen LogP contribution in [0.2, 0.25) is 0 Å². The van der Waals surface area contributed by atoms with Gasteiger partial charge in [0.05, 0.1) is 6.10 Å². The number of nitrogens with two attached hydrogens (primary N) is 1. The summed E-state index contributed by atoms with van der Waals surface area (Å²) in [6.07, 6.45) is 17.6. The molecule has 0 radical (unpaired) electrons. The highest BCUT2D eigenvalue weighted by Gasteiger charge is 2.01. The molecular weight excluding hydrogens is 278 g/mol. The molecule has 0 unspecified atom stereocenters. The molecule has 0 saturated carbocycles. The molecule has 0 rings (SSSR count). The number of carbonyl (C=O) groups is 1. The molecule has 0 saturated heterocycles. The predicted octanol–water partition coefficient (Wildman–Crippen LogP) is 4.41. The first-order chi connectivity index (χ1) is 10.7. The third-order valence-corrected chi connectivity index (χ3v) is 3.85. The molecule has 130 valence electrons. The standard InChI is InChI=1S/C18H35NO3/c1-2-3-4-11-14-17(20)15-12-9-7-5-6-8-10-13-16-18(21)22-19/h9,12,17,20H,2-8,10-11,13-16,19H2,1H3/b12-9-/t17-/m1/s1. The summed E-state index contributed by atoms with van der Waals surface area (Å²) in [5.41, 5.74) is 0. The van der Waals surface area contributed by atoms with Crippen LogP contribution in [-0.2, 0) is 9.63 Å². The second kappa shape index (κ2) is 16.5. The summed E-state index contributed by atoms with van der Waals surface area (Å²) in [5.74, 6) is 4.44. The van der Waals surface area contributed by atoms with Crippen LogP contribution in [0.3, 0.4) is 0 Å². The Kier molecular flexibility index (Phi) is 15.8. The summed E-state index contributed by atoms with van der Waals surface area (Å²) in [7, 11) is 0. The zero-order valence-corrected chi connectivity index (χ0v) is 14.3. The summed E-state index contributed by atoms with van der Waals surface area (Å²) >= 11 is 0. The molecule has 4 heteroatoms. The van der Waals surface area contributed by atoms with Gasteiger partial charge in [-0.15, -0.1) is 0 Å². The van der Waals surface area contributed by atoms with Crippen LogP contribution in [0.15, 0.2) is 12.2 Å². The average Bonchev–Trinajstić information content (AvgIpc) is 2.53. The van der Waals surface area contributed by atoms with Crippen molar-refractivity contribution in [2.75, 3.05) is 0 Å². The van der Waals surface area contributed by atoms with Crippen LogP contribution in [0, 0.1) is 0 Å². The van der Waals surface area contributed by atoms with Gasteiger partial charge in [0.15, 0.2) is 0 Å². The number of aliphatic hydroxyl groups is 1. The van der Waals surface area contributed by atoms with Crippen LogP contribution in [0.4, 0.5) is 0 Å². The van der Waals surface area contributed by atoms with Crippen LogP contribution in [-0.4, -0.2) is 17.2 Å². The lowest BCUT2D eigenvalue weighted by atomic mass is 10.1. The van der Waals surface area contributed by atoms with Crippen molar-refractivity contribution in [3.8, 4) is 0 Å². The van der Waals surface area contributed by atoms with Gasteiger partial charge in [0.2, 0.25) is 0 Å². The molecule has 0 aliphatic heterocycles. The Morgan fingerprint density at radius 2 is 1.73 bits per heavy atom. The Morgan fingerprint density at radius 3 is 2.45 bits per heavy atom. The third kappa shape index (κ3) is 15.5. The van der Waals surface area contributed by atoms with Crippen LogP contribution < -0.4 is 5.90 Å². The van der Waals surface area contributed by atoms with Crippen LogP contribution in [0.1, 0.15) is 90.4 Å². The Balaban J connectivity index is 3.28. The van der Waals surface area contributed by atoms with E-state index in [-0.39, 0.29) is 12.1 Å². The smallest absolute Gasteiger partial charge is 0.324 e. The molecule has 0 aromatic carbocycles. The predicted molar refractivity (Wildman–Crippen MR) is 91.1 cm³/mol. The fourth-order valence-electron chi connectivity index (χ4n) is 2.42. The van der Waals surface area contributed by atoms with Crippen molar-refractivity contribution in [3.05, 3.63) is 12.2 Å². The maximum atomic E-state index is 10.8. The van der Waals surface area contributed by atoms with E-state index >= 15 is 0 Å². The molecule has 0 fully saturated rings. The Morgan fingerprint density at radius 1 is 1.05 bits per heavy atom. The van der Waals surface area contributed by atoms with Gasteiger partial charge in [0, 0.05) is 6.42 Å². The molecule has 22 heavy (non-hydrogen) atoms. The Labute approximate surface area is 136 Å². The van der Waals surface area contributed by atoms with Crippen molar-refractivity contribution in [2.24, 2.45) is 5.90 Å². The normalized spacial score (nSPS) is 12.7. The molecule has 0 aliphatic carbocycles. The monoisotopic (exact) mass is 313 g/mol. The molecule has 0 amide bonds. The van der Waals surface area contributed by atoms with Crippen molar-refractivity contribution in [2.45, 2.75) is 96.5 Å². The zero-order valence-electron chi connectivity index (χ0n) is 14.3. The van der Waals surface area contributed by atoms with E-state index < -0.39 is 0 Å². The molecule has 4 nitrogen and oxygen atoms in total. The van der Waals surface area contributed by atoms with Crippen LogP contribution in [0.5, 0.6) is 0 Å². The molecule has 1 atom stereocenters. The van der Waals surface area contributed by atoms with Crippen molar-refractivity contribution in [3.63, 3.8) is 0 Å². The van der Waals surface area contributed by atoms with E-state index in [0.29, 0.717) is 6.42 Å². The van der Waals surface area contributed by atoms with Gasteiger partial charge in [-0.05, 0) is 32.1 Å². The molecule has 0 aliphatic rings. The molecule has 0 spiro atoms. The average molecular weight is 313 g/mol. The maximum absolute atomic E-state index is 10.8. The lowest BCUT2D eigenvalue weighted by Gasteiger charge is -2.07. The van der Waals surface area contributed by atoms with Gasteiger partial charge in [-0.1, -0.05) is 64.0 Å². The number of rotatable bonds is 15. The largest absolute Gasteiger partial charge is 0.393 e. The Hall–Kier alpha value is -0.870. The van der Waals surface area contributed by atoms with Crippen molar-refractivity contribution >= 4 is 5.97 Å². The first-order valence-corrected chi connectivity index (χ1v) is 8.93. The highest BCUT2D eigenvalue weighted by molar-refractivity contribution is 5.68. The first kappa shape index (κ1) is 21.1. The van der Waals surface area contributed by atoms with Gasteiger partial charge >= 0.3 is 5.97 Å². The number of aliphatic hydroxyl groups excluding tert-OH is 1. The molecule has 0 aromatic rings. The SMILES string of the molecule is CCCCCC[C@@H](O)C/C=C\CCCCCCCC(=O)ON. The number of unbranched alkanes of at least 4 members (excludes halogenated alkanes) is 8. The lowest BCUT2D eigenvalue weighted by molar-refractivity contribution is -0.144. The topological polar surface area (TPSA) is 72.5 Å². The quantitative estimate of drug-likeness (QED) is 0.267. The minimum atomic E-state index is -0.323. The highest BCUT2D eigenvalue weighted by atomic mass is 16.7. The van der Waals surface area contributed by atoms with Crippen LogP contribution >= 0.6 is 0 Å². The van der Waals surface area contributed by atoms with Gasteiger partial charge < -0.3 is 9.94 Å². The van der Waals surface area contributed by atoms with E-state index in [1.807, 2.05) is 0 Å². The first-order valence-electron chi connectivity index (χ1n) is 8.93. The summed E-state index contributed by atoms with van der Waals surface area (Å²) < 4.78 is 0. The van der Waals surface area contributed by atoms with E-state index in [2.05, 4.69) is 23.9 Å². The minimum Gasteiger partial charge on any atom is -0.393 e. The maximum Gasteiger partial charge on any atom is 0.324 e. The zero-order chi connectivity index (χ0) is 16.5. The van der Waals surface area contributed by atoms with Crippen molar-refractivity contribution < 1.29 is 14.7 Å². The highest BCUT2D eigenvalue weighted by Crippen LogP contribution is 2.10. The van der Waals surface area contributed by atoms with E-state index in [1.54, 1.807) is 0 Å². The van der Waals surface area contributed by atoms with Crippen molar-refractivity contribution in [1.29, 1.82) is 0 Å². The summed E-state index contributed by atoms with van der Waals surface area (Å²) in [4.78, 5) is 14.9. The number of hydrogen-bond donors (Lipinski definition) is 2. The van der Waals surface area contributed by atoms with Gasteiger partial charge in [-0.2, -0.15) is 5.90 Å². The van der Waals surface area contributed by atoms with E-state index in [4.69, 9.17) is 5.90 Å². The molecule has 3 N–H and O–H groups in total. The van der Waals surface area contributed by atoms with Crippen molar-refractivity contribution in [1.82, 2.24) is 0 Å². The lowest BCUT2D eigenvalue weighted by Crippen LogP contribution is -2.08. The Bertz CT molecular complexity index is 280. The third-order valence-electron chi connectivity index (χ3n) is 3.85. The fraction of sp³-hybridized carbons (Fsp3) is 0.833. The second-order valence-electron chi connectivity index (χ2n) is 6.01. The summed E-state index contributed by atoms with van der Waals surface area (Å²) in [6.45, 7) is 2.20. The minimum absolute atomic E-state index is 0.171. The van der Waals surface area contributed by atoms with Gasteiger partial charge in [-0.3, -0.25) is 4.79 Å². The van der Waals surface area contributed by atoms with Gasteiger partial charge in [0.1, 0.15) is 0 Å². The fourth-order valence-corrected chi connectivity index (χ4v) is 2.42. The van der Waals surface area contributed by atoms with Crippen LogP contribution in [0.25, 0.3) is 0 Å². The molecule has 0 bridgehead atoms. The molecular formula is C18H35NO3. The summed E-state index contributed by atoms with van der Waals surface area (Å²) in [6, 6.07) is 0. The number of carbonyl (C=O) groups excluding carboxylic acids is 1. The molecule has 0 aromatic heterocycles. The van der Waals surface area contributed by atoms with Gasteiger partial charge in [-0.25, -0.2) is 0 Å². The van der Waals surface area contributed by atoms with E-state index in [9.17, 15) is 9.90 Å². The van der Waals surface area contributed by atoms with Gasteiger partial charge in [0.25, 0.3) is 0 Å². The van der Waals surface area contributed by atoms with E-state index in [0.717, 1.165) is 44.9 Å². The second-order valence-corrected chi connectivity index (χ2v) is 6.01.